The lowest BCUT2D eigenvalue weighted by molar-refractivity contribution is 0.0968. The third-order valence-corrected chi connectivity index (χ3v) is 5.48. The molecule has 1 heterocycles. The number of methoxy groups -OCH3 is 1. The Labute approximate surface area is 184 Å². The molecule has 0 radical (unpaired) electrons. The van der Waals surface area contributed by atoms with Gasteiger partial charge in [0.25, 0.3) is 0 Å². The lowest BCUT2D eigenvalue weighted by atomic mass is 10.1. The Morgan fingerprint density at radius 1 is 1.32 bits per heavy atom. The summed E-state index contributed by atoms with van der Waals surface area (Å²) in [6, 6.07) is 7.75. The topological polar surface area (TPSA) is 75.9 Å². The maximum absolute atomic E-state index is 12.8. The summed E-state index contributed by atoms with van der Waals surface area (Å²) in [6.45, 7) is 8.83. The lowest BCUT2D eigenvalue weighted by Gasteiger charge is -2.17. The summed E-state index contributed by atoms with van der Waals surface area (Å²) in [5.41, 5.74) is 3.79. The number of rotatable bonds is 9. The van der Waals surface area contributed by atoms with Crippen molar-refractivity contribution in [3.8, 4) is 5.75 Å². The maximum atomic E-state index is 12.8. The molecule has 3 rings (SSSR count). The minimum Gasteiger partial charge on any atom is -0.494 e. The lowest BCUT2D eigenvalue weighted by Crippen LogP contribution is -2.09. The molecule has 1 aliphatic rings. The van der Waals surface area contributed by atoms with E-state index in [1.165, 1.54) is 0 Å². The van der Waals surface area contributed by atoms with Gasteiger partial charge in [0.05, 0.1) is 29.6 Å². The Kier molecular flexibility index (Phi) is 7.55. The highest BCUT2D eigenvalue weighted by Crippen LogP contribution is 2.37. The van der Waals surface area contributed by atoms with E-state index in [0.717, 1.165) is 41.9 Å². The Morgan fingerprint density at radius 2 is 2.10 bits per heavy atom. The summed E-state index contributed by atoms with van der Waals surface area (Å²) in [5, 5.41) is 3.42. The van der Waals surface area contributed by atoms with Crippen LogP contribution in [-0.4, -0.2) is 36.5 Å². The molecule has 0 amide bonds. The fraction of sp³-hybridized carbons (Fsp3) is 0.440. The molecular formula is C25H32N4O2. The van der Waals surface area contributed by atoms with Crippen LogP contribution in [0.4, 0.5) is 11.4 Å². The third-order valence-electron chi connectivity index (χ3n) is 5.48. The number of carbonyl (C=O) groups excluding carboxylic acids is 1. The molecule has 164 valence electrons. The van der Waals surface area contributed by atoms with Crippen molar-refractivity contribution >= 4 is 29.2 Å². The normalized spacial score (nSPS) is 15.2. The van der Waals surface area contributed by atoms with Gasteiger partial charge in [-0.2, -0.15) is 0 Å². The van der Waals surface area contributed by atoms with Gasteiger partial charge in [0.2, 0.25) is 0 Å². The predicted molar refractivity (Wildman–Crippen MR) is 127 cm³/mol. The highest BCUT2D eigenvalue weighted by Gasteiger charge is 2.32. The Hall–Kier alpha value is -3.02. The van der Waals surface area contributed by atoms with E-state index in [-0.39, 0.29) is 11.7 Å². The van der Waals surface area contributed by atoms with Crippen LogP contribution in [0.3, 0.4) is 0 Å². The number of carbonyl (C=O) groups is 1. The van der Waals surface area contributed by atoms with E-state index >= 15 is 0 Å². The summed E-state index contributed by atoms with van der Waals surface area (Å²) in [7, 11) is 1.64. The number of amidine groups is 1. The first kappa shape index (κ1) is 22.7. The highest BCUT2D eigenvalue weighted by atomic mass is 16.5. The van der Waals surface area contributed by atoms with E-state index in [1.807, 2.05) is 38.1 Å². The number of hydrogen-bond donors (Lipinski definition) is 1. The zero-order valence-electron chi connectivity index (χ0n) is 19.1. The van der Waals surface area contributed by atoms with E-state index in [2.05, 4.69) is 29.1 Å². The van der Waals surface area contributed by atoms with Crippen LogP contribution in [0.1, 0.15) is 61.6 Å². The van der Waals surface area contributed by atoms with Gasteiger partial charge in [0, 0.05) is 30.6 Å². The van der Waals surface area contributed by atoms with Crippen molar-refractivity contribution in [3.63, 3.8) is 0 Å². The molecule has 1 saturated carbocycles. The van der Waals surface area contributed by atoms with Crippen LogP contribution in [0.25, 0.3) is 0 Å². The third kappa shape index (κ3) is 5.57. The smallest absolute Gasteiger partial charge is 0.169 e. The van der Waals surface area contributed by atoms with Gasteiger partial charge in [-0.25, -0.2) is 4.99 Å². The average Bonchev–Trinajstić information content (AvgIpc) is 3.61. The second-order valence-corrected chi connectivity index (χ2v) is 8.09. The Morgan fingerprint density at radius 3 is 2.74 bits per heavy atom. The molecular weight excluding hydrogens is 388 g/mol. The van der Waals surface area contributed by atoms with Crippen LogP contribution in [0.2, 0.25) is 0 Å². The second-order valence-electron chi connectivity index (χ2n) is 8.09. The maximum Gasteiger partial charge on any atom is 0.169 e. The fourth-order valence-corrected chi connectivity index (χ4v) is 3.29. The number of anilines is 2. The molecule has 6 nitrogen and oxygen atoms in total. The van der Waals surface area contributed by atoms with Crippen LogP contribution in [-0.2, 0) is 0 Å². The first-order chi connectivity index (χ1) is 15.0. The standard InChI is InChI=1S/C25H32N4O2/c1-6-16(3)14-28-25(26-7-2)19-9-8-10-21(24(19)31-5)29-22-13-17(4)27-15-20(22)23(30)18-11-12-18/h7-10,13,15-16,18H,6,11-12,14H2,1-5H3,(H,27,29). The minimum atomic E-state index is 0.122. The van der Waals surface area contributed by atoms with Crippen molar-refractivity contribution in [1.82, 2.24) is 4.98 Å². The second kappa shape index (κ2) is 10.3. The number of ether oxygens (including phenoxy) is 1. The molecule has 31 heavy (non-hydrogen) atoms. The first-order valence-corrected chi connectivity index (χ1v) is 11.0. The average molecular weight is 421 g/mol. The van der Waals surface area contributed by atoms with Crippen molar-refractivity contribution in [2.75, 3.05) is 19.0 Å². The first-order valence-electron chi connectivity index (χ1n) is 11.0. The minimum absolute atomic E-state index is 0.122. The molecule has 1 atom stereocenters. The van der Waals surface area contributed by atoms with Crippen LogP contribution >= 0.6 is 0 Å². The molecule has 6 heteroatoms. The molecule has 1 N–H and O–H groups in total. The summed E-state index contributed by atoms with van der Waals surface area (Å²) in [6.07, 6.45) is 6.39. The van der Waals surface area contributed by atoms with Crippen molar-refractivity contribution in [3.05, 3.63) is 47.3 Å². The summed E-state index contributed by atoms with van der Waals surface area (Å²) >= 11 is 0. The molecule has 1 aliphatic carbocycles. The number of aliphatic imine (C=N–C) groups is 2. The molecule has 2 aromatic rings. The van der Waals surface area contributed by atoms with E-state index in [4.69, 9.17) is 9.73 Å². The number of Topliss-reactive ketones (excluding diaryl/α,β-unsaturated/α-hetero) is 1. The van der Waals surface area contributed by atoms with Crippen LogP contribution in [0.5, 0.6) is 5.75 Å². The van der Waals surface area contributed by atoms with E-state index in [0.29, 0.717) is 29.6 Å². The van der Waals surface area contributed by atoms with E-state index < -0.39 is 0 Å². The van der Waals surface area contributed by atoms with Crippen LogP contribution in [0, 0.1) is 18.8 Å². The molecule has 0 spiro atoms. The monoisotopic (exact) mass is 420 g/mol. The molecule has 1 unspecified atom stereocenters. The fourth-order valence-electron chi connectivity index (χ4n) is 3.29. The van der Waals surface area contributed by atoms with Crippen molar-refractivity contribution in [2.24, 2.45) is 21.8 Å². The summed E-state index contributed by atoms with van der Waals surface area (Å²) in [5.74, 6) is 2.04. The number of para-hydroxylation sites is 1. The van der Waals surface area contributed by atoms with Gasteiger partial charge in [-0.05, 0) is 50.8 Å². The van der Waals surface area contributed by atoms with Gasteiger partial charge in [-0.15, -0.1) is 0 Å². The molecule has 0 saturated heterocycles. The predicted octanol–water partition coefficient (Wildman–Crippen LogP) is 5.62. The number of ketones is 1. The SMILES string of the molecule is CC=NC(=NCC(C)CC)c1cccc(Nc2cc(C)ncc2C(=O)C2CC2)c1OC. The number of benzene rings is 1. The zero-order valence-corrected chi connectivity index (χ0v) is 19.1. The highest BCUT2D eigenvalue weighted by molar-refractivity contribution is 6.07. The van der Waals surface area contributed by atoms with E-state index in [1.54, 1.807) is 19.5 Å². The molecule has 0 aliphatic heterocycles. The number of hydrogen-bond acceptors (Lipinski definition) is 5. The Balaban J connectivity index is 2.00. The van der Waals surface area contributed by atoms with Crippen molar-refractivity contribution in [1.29, 1.82) is 0 Å². The zero-order chi connectivity index (χ0) is 22.4. The largest absolute Gasteiger partial charge is 0.494 e. The van der Waals surface area contributed by atoms with Crippen LogP contribution < -0.4 is 10.1 Å². The van der Waals surface area contributed by atoms with Gasteiger partial charge < -0.3 is 10.1 Å². The molecule has 1 fully saturated rings. The van der Waals surface area contributed by atoms with Gasteiger partial charge in [-0.3, -0.25) is 14.8 Å². The summed E-state index contributed by atoms with van der Waals surface area (Å²) < 4.78 is 5.78. The van der Waals surface area contributed by atoms with Crippen LogP contribution in [0.15, 0.2) is 40.4 Å². The van der Waals surface area contributed by atoms with Gasteiger partial charge >= 0.3 is 0 Å². The molecule has 1 aromatic carbocycles. The Bertz CT molecular complexity index is 993. The van der Waals surface area contributed by atoms with Gasteiger partial charge in [0.15, 0.2) is 17.4 Å². The molecule has 1 aromatic heterocycles. The molecule has 0 bridgehead atoms. The number of aryl methyl sites for hydroxylation is 1. The van der Waals surface area contributed by atoms with Crippen molar-refractivity contribution in [2.45, 2.75) is 47.0 Å². The van der Waals surface area contributed by atoms with E-state index in [9.17, 15) is 4.79 Å². The quantitative estimate of drug-likeness (QED) is 0.325. The van der Waals surface area contributed by atoms with Crippen molar-refractivity contribution < 1.29 is 9.53 Å². The number of nitrogens with zero attached hydrogens (tertiary/aromatic N) is 3. The van der Waals surface area contributed by atoms with Gasteiger partial charge in [0.1, 0.15) is 0 Å². The summed E-state index contributed by atoms with van der Waals surface area (Å²) in [4.78, 5) is 26.4. The number of nitrogens with one attached hydrogen (secondary N) is 1. The number of aromatic nitrogens is 1. The number of pyridine rings is 1. The van der Waals surface area contributed by atoms with Gasteiger partial charge in [-0.1, -0.05) is 26.3 Å².